The number of ketones is 1. The lowest BCUT2D eigenvalue weighted by atomic mass is 9.91. The lowest BCUT2D eigenvalue weighted by molar-refractivity contribution is -0.142. The van der Waals surface area contributed by atoms with Crippen LogP contribution >= 0.6 is 0 Å². The first-order valence-corrected chi connectivity index (χ1v) is 24.6. The van der Waals surface area contributed by atoms with Gasteiger partial charge in [0.2, 0.25) is 47.1 Å². The Morgan fingerprint density at radius 3 is 1.94 bits per heavy atom. The zero-order valence-corrected chi connectivity index (χ0v) is 42.0. The number of likely N-dealkylation sites (N-methyl/N-ethyl adjacent to an activating group) is 2. The second-order valence-electron chi connectivity index (χ2n) is 18.4. The number of nitrogens with two attached hydrogens (primary N) is 1. The van der Waals surface area contributed by atoms with Gasteiger partial charge in [-0.3, -0.25) is 43.2 Å². The van der Waals surface area contributed by atoms with Gasteiger partial charge in [0.1, 0.15) is 36.0 Å². The van der Waals surface area contributed by atoms with Gasteiger partial charge in [0.25, 0.3) is 5.91 Å². The summed E-state index contributed by atoms with van der Waals surface area (Å²) in [6.45, 7) is 6.66. The fourth-order valence-electron chi connectivity index (χ4n) is 8.25. The van der Waals surface area contributed by atoms with Crippen LogP contribution in [0.3, 0.4) is 0 Å². The predicted octanol–water partition coefficient (Wildman–Crippen LogP) is 2.89. The fraction of sp³-hybridized carbons (Fsp3) is 0.588. The Balaban J connectivity index is 1.67. The number of hydrogen-bond acceptors (Lipinski definition) is 11. The predicted molar refractivity (Wildman–Crippen MR) is 263 cm³/mol. The van der Waals surface area contributed by atoms with Crippen molar-refractivity contribution in [1.29, 1.82) is 0 Å². The van der Waals surface area contributed by atoms with Crippen LogP contribution in [0.5, 0.6) is 5.75 Å². The maximum atomic E-state index is 14.2. The van der Waals surface area contributed by atoms with E-state index in [9.17, 15) is 53.4 Å². The van der Waals surface area contributed by atoms with Crippen molar-refractivity contribution in [2.45, 2.75) is 167 Å². The SMILES string of the molecule is CCCCCCCCCCCCCCCC(=O)N(C)[C@H](CO)C(=O)N[C@H](C)C(=O)NCC(=O)N(C)[C@@H]1C(=O)N[C@@H](C)C(=O)N[C@H](C(=O)N[C@@H](C)C(=O)C(N)=O)Cc2ccc(O)c(c2)-c2cc1ccc2C. The third-order valence-electron chi connectivity index (χ3n) is 12.8. The molecule has 70 heavy (non-hydrogen) atoms. The molecule has 0 spiro atoms. The van der Waals surface area contributed by atoms with E-state index in [0.717, 1.165) is 24.2 Å². The van der Waals surface area contributed by atoms with Crippen LogP contribution < -0.4 is 32.3 Å². The molecule has 1 heterocycles. The number of unbranched alkanes of at least 4 members (excludes halogenated alkanes) is 12. The number of carbonyl (C=O) groups is 9. The quantitative estimate of drug-likeness (QED) is 0.0501. The summed E-state index contributed by atoms with van der Waals surface area (Å²) in [5.41, 5.74) is 7.31. The average Bonchev–Trinajstić information content (AvgIpc) is 3.32. The Kier molecular flexibility index (Phi) is 24.0. The molecule has 3 rings (SSSR count). The van der Waals surface area contributed by atoms with Crippen molar-refractivity contribution in [2.75, 3.05) is 27.2 Å². The van der Waals surface area contributed by atoms with Crippen LogP contribution in [0.4, 0.5) is 0 Å². The van der Waals surface area contributed by atoms with Gasteiger partial charge < -0.3 is 52.3 Å². The third kappa shape index (κ3) is 17.5. The van der Waals surface area contributed by atoms with Crippen molar-refractivity contribution in [2.24, 2.45) is 5.73 Å². The number of aryl methyl sites for hydroxylation is 1. The van der Waals surface area contributed by atoms with Crippen LogP contribution in [0.1, 0.15) is 140 Å². The van der Waals surface area contributed by atoms with Gasteiger partial charge in [-0.1, -0.05) is 102 Å². The molecule has 19 heteroatoms. The second kappa shape index (κ2) is 29.0. The van der Waals surface area contributed by atoms with E-state index in [2.05, 4.69) is 33.5 Å². The number of phenolic OH excluding ortho intramolecular Hbond substituents is 1. The van der Waals surface area contributed by atoms with Crippen LogP contribution in [0.25, 0.3) is 11.1 Å². The summed E-state index contributed by atoms with van der Waals surface area (Å²) in [6.07, 6.45) is 15.1. The molecule has 2 aromatic carbocycles. The molecule has 0 saturated heterocycles. The Bertz CT molecular complexity index is 2170. The van der Waals surface area contributed by atoms with Crippen molar-refractivity contribution >= 4 is 53.0 Å². The Morgan fingerprint density at radius 2 is 1.36 bits per heavy atom. The zero-order valence-electron chi connectivity index (χ0n) is 42.0. The van der Waals surface area contributed by atoms with Gasteiger partial charge in [-0.25, -0.2) is 0 Å². The molecule has 4 bridgehead atoms. The van der Waals surface area contributed by atoms with Crippen molar-refractivity contribution in [1.82, 2.24) is 36.4 Å². The van der Waals surface area contributed by atoms with Crippen molar-refractivity contribution in [3.63, 3.8) is 0 Å². The summed E-state index contributed by atoms with van der Waals surface area (Å²) in [5.74, 6) is -7.55. The lowest BCUT2D eigenvalue weighted by Gasteiger charge is -2.30. The standard InChI is InChI=1S/C51H76N8O11/c1-8-9-10-11-12-13-14-15-16-17-18-19-20-21-42(62)58(6)40(30-60)50(69)55-33(4)47(66)53-29-43(63)59(7)44-36-24-22-31(2)37(28-36)38-26-35(23-25-41(38)61)27-39(57-48(67)34(5)56-51(44)70)49(68)54-32(3)45(64)46(52)65/h22-26,28,32-34,39-40,44,60-61H,8-21,27,29-30H2,1-7H3,(H2,52,65)(H,53,66)(H,54,68)(H,55,69)(H,56,70)(H,57,67)/t32-,33+,34-,39-,40+,44-/m0/s1. The van der Waals surface area contributed by atoms with Gasteiger partial charge >= 0.3 is 0 Å². The number of primary amides is 1. The highest BCUT2D eigenvalue weighted by Gasteiger charge is 2.35. The molecule has 19 nitrogen and oxygen atoms in total. The summed E-state index contributed by atoms with van der Waals surface area (Å²) in [4.78, 5) is 120. The Hall–Kier alpha value is -6.37. The van der Waals surface area contributed by atoms with Gasteiger partial charge in [0.05, 0.1) is 19.2 Å². The van der Waals surface area contributed by atoms with E-state index in [4.69, 9.17) is 5.73 Å². The fourth-order valence-corrected chi connectivity index (χ4v) is 8.25. The number of phenols is 1. The number of rotatable bonds is 26. The van der Waals surface area contributed by atoms with Crippen LogP contribution in [0, 0.1) is 6.92 Å². The molecule has 0 saturated carbocycles. The van der Waals surface area contributed by atoms with Gasteiger partial charge in [-0.05, 0) is 74.6 Å². The highest BCUT2D eigenvalue weighted by atomic mass is 16.3. The van der Waals surface area contributed by atoms with Gasteiger partial charge in [0.15, 0.2) is 0 Å². The number of aliphatic hydroxyl groups is 1. The number of amides is 8. The van der Waals surface area contributed by atoms with Crippen molar-refractivity contribution < 1.29 is 53.4 Å². The summed E-state index contributed by atoms with van der Waals surface area (Å²) in [5, 5.41) is 33.7. The molecule has 1 aliphatic heterocycles. The van der Waals surface area contributed by atoms with E-state index in [0.29, 0.717) is 28.7 Å². The number of benzene rings is 2. The Labute approximate surface area is 411 Å². The number of aliphatic hydroxyl groups excluding tert-OH is 1. The Morgan fingerprint density at radius 1 is 0.757 bits per heavy atom. The van der Waals surface area contributed by atoms with Crippen molar-refractivity contribution in [3.05, 3.63) is 53.1 Å². The molecule has 0 aromatic heterocycles. The molecular formula is C51H76N8O11. The maximum Gasteiger partial charge on any atom is 0.287 e. The van der Waals surface area contributed by atoms with E-state index in [1.54, 1.807) is 37.3 Å². The van der Waals surface area contributed by atoms with E-state index in [1.807, 2.05) is 0 Å². The van der Waals surface area contributed by atoms with Gasteiger partial charge in [-0.2, -0.15) is 0 Å². The summed E-state index contributed by atoms with van der Waals surface area (Å²) in [6, 6.07) is 1.61. The second-order valence-corrected chi connectivity index (χ2v) is 18.4. The van der Waals surface area contributed by atoms with Crippen LogP contribution in [-0.2, 0) is 49.6 Å². The summed E-state index contributed by atoms with van der Waals surface area (Å²) in [7, 11) is 2.74. The molecule has 0 radical (unpaired) electrons. The van der Waals surface area contributed by atoms with Crippen LogP contribution in [-0.4, -0.2) is 131 Å². The molecule has 6 atom stereocenters. The maximum absolute atomic E-state index is 14.2. The average molecular weight is 977 g/mol. The molecule has 2 aromatic rings. The molecule has 386 valence electrons. The summed E-state index contributed by atoms with van der Waals surface area (Å²) >= 11 is 0. The molecular weight excluding hydrogens is 901 g/mol. The zero-order chi connectivity index (χ0) is 52.1. The highest BCUT2D eigenvalue weighted by Crippen LogP contribution is 2.35. The van der Waals surface area contributed by atoms with E-state index in [-0.39, 0.29) is 30.1 Å². The van der Waals surface area contributed by atoms with Gasteiger partial charge in [0, 0.05) is 32.5 Å². The number of nitrogens with zero attached hydrogens (tertiary/aromatic N) is 2. The molecule has 0 fully saturated rings. The number of Topliss-reactive ketones (excluding diaryl/α,β-unsaturated/α-hetero) is 1. The topological polar surface area (TPSA) is 287 Å². The number of aromatic hydroxyl groups is 1. The number of hydrogen-bond donors (Lipinski definition) is 8. The first-order valence-electron chi connectivity index (χ1n) is 24.6. The number of fused-ring (bicyclic) bond motifs is 5. The minimum atomic E-state index is -1.41. The molecule has 9 N–H and O–H groups in total. The van der Waals surface area contributed by atoms with Gasteiger partial charge in [-0.15, -0.1) is 0 Å². The molecule has 0 aliphatic carbocycles. The number of nitrogens with one attached hydrogen (secondary N) is 5. The third-order valence-corrected chi connectivity index (χ3v) is 12.8. The van der Waals surface area contributed by atoms with Crippen LogP contribution in [0.2, 0.25) is 0 Å². The minimum absolute atomic E-state index is 0.131. The first-order chi connectivity index (χ1) is 33.2. The highest BCUT2D eigenvalue weighted by molar-refractivity contribution is 6.37. The normalized spacial score (nSPS) is 17.1. The van der Waals surface area contributed by atoms with Crippen LogP contribution in [0.15, 0.2) is 36.4 Å². The molecule has 8 amide bonds. The largest absolute Gasteiger partial charge is 0.507 e. The van der Waals surface area contributed by atoms with E-state index in [1.165, 1.54) is 104 Å². The molecule has 0 unspecified atom stereocenters. The van der Waals surface area contributed by atoms with Crippen molar-refractivity contribution in [3.8, 4) is 16.9 Å². The van der Waals surface area contributed by atoms with E-state index < -0.39 is 96.5 Å². The van der Waals surface area contributed by atoms with E-state index >= 15 is 0 Å². The summed E-state index contributed by atoms with van der Waals surface area (Å²) < 4.78 is 0. The minimum Gasteiger partial charge on any atom is -0.507 e. The monoisotopic (exact) mass is 977 g/mol. The molecule has 1 aliphatic rings. The lowest BCUT2D eigenvalue weighted by Crippen LogP contribution is -2.57. The first kappa shape index (κ1) is 57.9. The smallest absolute Gasteiger partial charge is 0.287 e. The number of carbonyl (C=O) groups excluding carboxylic acids is 9.